The van der Waals surface area contributed by atoms with Gasteiger partial charge in [-0.1, -0.05) is 23.7 Å². The number of aryl methyl sites for hydroxylation is 2. The summed E-state index contributed by atoms with van der Waals surface area (Å²) in [5.41, 5.74) is 2.67. The maximum Gasteiger partial charge on any atom is 0.328 e. The van der Waals surface area contributed by atoms with Crippen LogP contribution >= 0.6 is 11.6 Å². The lowest BCUT2D eigenvalue weighted by Gasteiger charge is -2.10. The van der Waals surface area contributed by atoms with E-state index in [0.717, 1.165) is 22.8 Å². The second-order valence-electron chi connectivity index (χ2n) is 4.71. The Labute approximate surface area is 128 Å². The molecule has 0 aliphatic rings. The summed E-state index contributed by atoms with van der Waals surface area (Å²) in [6, 6.07) is 11.0. The average molecular weight is 303 g/mol. The Kier molecular flexibility index (Phi) is 4.66. The molecule has 2 rings (SSSR count). The number of ether oxygens (including phenoxy) is 1. The summed E-state index contributed by atoms with van der Waals surface area (Å²) in [7, 11) is 0. The molecule has 108 valence electrons. The standard InChI is InChI=1S/C17H15ClO3/c1-11-3-4-13(5-8-17(19)20)10-16(11)21-14-6-7-15(18)12(2)9-14/h3-10H,1-2H3,(H,19,20)/b8-5+. The van der Waals surface area contributed by atoms with Gasteiger partial charge in [0.25, 0.3) is 0 Å². The second kappa shape index (κ2) is 6.46. The monoisotopic (exact) mass is 302 g/mol. The zero-order chi connectivity index (χ0) is 15.4. The molecular formula is C17H15ClO3. The average Bonchev–Trinajstić information content (AvgIpc) is 2.43. The van der Waals surface area contributed by atoms with Crippen LogP contribution in [-0.4, -0.2) is 11.1 Å². The third-order valence-corrected chi connectivity index (χ3v) is 3.41. The van der Waals surface area contributed by atoms with Crippen LogP contribution in [0.1, 0.15) is 16.7 Å². The van der Waals surface area contributed by atoms with Crippen molar-refractivity contribution in [3.05, 3.63) is 64.2 Å². The van der Waals surface area contributed by atoms with Crippen molar-refractivity contribution in [2.45, 2.75) is 13.8 Å². The fourth-order valence-corrected chi connectivity index (χ4v) is 1.92. The minimum atomic E-state index is -0.980. The first-order valence-corrected chi connectivity index (χ1v) is 6.79. The van der Waals surface area contributed by atoms with E-state index in [4.69, 9.17) is 21.4 Å². The molecule has 0 spiro atoms. The number of carboxylic acids is 1. The van der Waals surface area contributed by atoms with Gasteiger partial charge in [-0.2, -0.15) is 0 Å². The van der Waals surface area contributed by atoms with Gasteiger partial charge in [0.05, 0.1) is 0 Å². The van der Waals surface area contributed by atoms with Crippen LogP contribution in [0, 0.1) is 13.8 Å². The summed E-state index contributed by atoms with van der Waals surface area (Å²) >= 11 is 5.99. The highest BCUT2D eigenvalue weighted by Gasteiger charge is 2.04. The van der Waals surface area contributed by atoms with Gasteiger partial charge in [-0.25, -0.2) is 4.79 Å². The van der Waals surface area contributed by atoms with Crippen LogP contribution in [0.4, 0.5) is 0 Å². The molecule has 0 saturated heterocycles. The van der Waals surface area contributed by atoms with E-state index >= 15 is 0 Å². The van der Waals surface area contributed by atoms with Crippen molar-refractivity contribution in [1.29, 1.82) is 0 Å². The molecule has 0 bridgehead atoms. The van der Waals surface area contributed by atoms with Gasteiger partial charge in [-0.05, 0) is 60.9 Å². The van der Waals surface area contributed by atoms with E-state index in [0.29, 0.717) is 16.5 Å². The van der Waals surface area contributed by atoms with Crippen LogP contribution in [0.15, 0.2) is 42.5 Å². The summed E-state index contributed by atoms with van der Waals surface area (Å²) in [4.78, 5) is 10.6. The van der Waals surface area contributed by atoms with E-state index in [2.05, 4.69) is 0 Å². The zero-order valence-corrected chi connectivity index (χ0v) is 12.5. The molecule has 0 heterocycles. The van der Waals surface area contributed by atoms with Crippen LogP contribution in [0.3, 0.4) is 0 Å². The number of rotatable bonds is 4. The van der Waals surface area contributed by atoms with Crippen molar-refractivity contribution in [2.75, 3.05) is 0 Å². The molecule has 0 saturated carbocycles. The normalized spacial score (nSPS) is 10.8. The molecule has 4 heteroatoms. The van der Waals surface area contributed by atoms with Gasteiger partial charge in [0, 0.05) is 11.1 Å². The molecule has 0 aliphatic carbocycles. The topological polar surface area (TPSA) is 46.5 Å². The lowest BCUT2D eigenvalue weighted by molar-refractivity contribution is -0.131. The van der Waals surface area contributed by atoms with Gasteiger partial charge in [0.2, 0.25) is 0 Å². The summed E-state index contributed by atoms with van der Waals surface area (Å²) in [5, 5.41) is 9.35. The number of carbonyl (C=O) groups is 1. The maximum absolute atomic E-state index is 10.6. The first kappa shape index (κ1) is 15.1. The fourth-order valence-electron chi connectivity index (χ4n) is 1.81. The number of halogens is 1. The number of hydrogen-bond acceptors (Lipinski definition) is 2. The highest BCUT2D eigenvalue weighted by molar-refractivity contribution is 6.31. The molecule has 0 unspecified atom stereocenters. The summed E-state index contributed by atoms with van der Waals surface area (Å²) in [6.07, 6.45) is 2.63. The van der Waals surface area contributed by atoms with Gasteiger partial charge >= 0.3 is 5.97 Å². The predicted molar refractivity (Wildman–Crippen MR) is 84.1 cm³/mol. The third kappa shape index (κ3) is 4.10. The van der Waals surface area contributed by atoms with Crippen LogP contribution < -0.4 is 4.74 Å². The largest absolute Gasteiger partial charge is 0.478 e. The molecule has 0 radical (unpaired) electrons. The third-order valence-electron chi connectivity index (χ3n) is 2.99. The molecule has 0 fully saturated rings. The highest BCUT2D eigenvalue weighted by atomic mass is 35.5. The number of benzene rings is 2. The highest BCUT2D eigenvalue weighted by Crippen LogP contribution is 2.29. The van der Waals surface area contributed by atoms with E-state index in [9.17, 15) is 4.79 Å². The molecule has 1 N–H and O–H groups in total. The van der Waals surface area contributed by atoms with Gasteiger partial charge in [0.1, 0.15) is 11.5 Å². The first-order valence-electron chi connectivity index (χ1n) is 6.41. The Morgan fingerprint density at radius 2 is 1.90 bits per heavy atom. The molecular weight excluding hydrogens is 288 g/mol. The smallest absolute Gasteiger partial charge is 0.328 e. The van der Waals surface area contributed by atoms with E-state index < -0.39 is 5.97 Å². The predicted octanol–water partition coefficient (Wildman–Crippen LogP) is 4.85. The molecule has 0 amide bonds. The Morgan fingerprint density at radius 1 is 1.14 bits per heavy atom. The van der Waals surface area contributed by atoms with E-state index in [1.54, 1.807) is 18.2 Å². The van der Waals surface area contributed by atoms with Crippen molar-refractivity contribution in [2.24, 2.45) is 0 Å². The lowest BCUT2D eigenvalue weighted by atomic mass is 10.1. The molecule has 2 aromatic carbocycles. The summed E-state index contributed by atoms with van der Waals surface area (Å²) in [6.45, 7) is 3.84. The minimum absolute atomic E-state index is 0.685. The number of aliphatic carboxylic acids is 1. The summed E-state index contributed by atoms with van der Waals surface area (Å²) in [5.74, 6) is 0.398. The van der Waals surface area contributed by atoms with E-state index in [1.807, 2.05) is 32.0 Å². The Morgan fingerprint density at radius 3 is 2.57 bits per heavy atom. The molecule has 3 nitrogen and oxygen atoms in total. The Bertz CT molecular complexity index is 705. The van der Waals surface area contributed by atoms with E-state index in [1.165, 1.54) is 6.08 Å². The van der Waals surface area contributed by atoms with Crippen LogP contribution in [0.25, 0.3) is 6.08 Å². The van der Waals surface area contributed by atoms with Gasteiger partial charge in [-0.15, -0.1) is 0 Å². The van der Waals surface area contributed by atoms with Crippen molar-refractivity contribution in [1.82, 2.24) is 0 Å². The SMILES string of the molecule is Cc1cc(Oc2cc(/C=C/C(=O)O)ccc2C)ccc1Cl. The minimum Gasteiger partial charge on any atom is -0.478 e. The molecule has 0 aromatic heterocycles. The van der Waals surface area contributed by atoms with Gasteiger partial charge in [0.15, 0.2) is 0 Å². The van der Waals surface area contributed by atoms with Crippen LogP contribution in [-0.2, 0) is 4.79 Å². The van der Waals surface area contributed by atoms with Crippen LogP contribution in [0.5, 0.6) is 11.5 Å². The van der Waals surface area contributed by atoms with Gasteiger partial charge < -0.3 is 9.84 Å². The molecule has 2 aromatic rings. The van der Waals surface area contributed by atoms with Crippen LogP contribution in [0.2, 0.25) is 5.02 Å². The summed E-state index contributed by atoms with van der Waals surface area (Å²) < 4.78 is 5.85. The number of carboxylic acid groups (broad SMARTS) is 1. The maximum atomic E-state index is 10.6. The van der Waals surface area contributed by atoms with Crippen molar-refractivity contribution in [3.8, 4) is 11.5 Å². The molecule has 21 heavy (non-hydrogen) atoms. The Balaban J connectivity index is 2.28. The quantitative estimate of drug-likeness (QED) is 0.821. The van der Waals surface area contributed by atoms with Crippen molar-refractivity contribution < 1.29 is 14.6 Å². The molecule has 0 atom stereocenters. The first-order chi connectivity index (χ1) is 9.95. The van der Waals surface area contributed by atoms with Crippen molar-refractivity contribution >= 4 is 23.6 Å². The lowest BCUT2D eigenvalue weighted by Crippen LogP contribution is -1.90. The molecule has 0 aliphatic heterocycles. The number of hydrogen-bond donors (Lipinski definition) is 1. The van der Waals surface area contributed by atoms with E-state index in [-0.39, 0.29) is 0 Å². The van der Waals surface area contributed by atoms with Gasteiger partial charge in [-0.3, -0.25) is 0 Å². The second-order valence-corrected chi connectivity index (χ2v) is 5.12. The Hall–Kier alpha value is -2.26. The van der Waals surface area contributed by atoms with Crippen molar-refractivity contribution in [3.63, 3.8) is 0 Å². The zero-order valence-electron chi connectivity index (χ0n) is 11.8. The fraction of sp³-hybridized carbons (Fsp3) is 0.118.